The number of nitrogens with one attached hydrogen (secondary N) is 1. The summed E-state index contributed by atoms with van der Waals surface area (Å²) in [4.78, 5) is 33.5. The van der Waals surface area contributed by atoms with E-state index < -0.39 is 11.9 Å². The average molecular weight is 398 g/mol. The summed E-state index contributed by atoms with van der Waals surface area (Å²) in [6, 6.07) is 7.63. The van der Waals surface area contributed by atoms with Crippen molar-refractivity contribution in [1.29, 1.82) is 5.41 Å². The molecule has 2 aliphatic heterocycles. The van der Waals surface area contributed by atoms with Gasteiger partial charge in [0.1, 0.15) is 11.5 Å². The fraction of sp³-hybridized carbons (Fsp3) is 0.0526. The Morgan fingerprint density at radius 3 is 2.89 bits per heavy atom. The number of hydrogen-bond acceptors (Lipinski definition) is 6. The number of benzene rings is 1. The fourth-order valence-corrected chi connectivity index (χ4v) is 2.83. The minimum atomic E-state index is -0.682. The van der Waals surface area contributed by atoms with Crippen LogP contribution in [0.15, 0.2) is 63.4 Å². The Kier molecular flexibility index (Phi) is 4.32. The van der Waals surface area contributed by atoms with Gasteiger partial charge in [0.15, 0.2) is 11.7 Å². The van der Waals surface area contributed by atoms with Gasteiger partial charge >= 0.3 is 5.97 Å². The number of esters is 1. The number of carbonyl (C=O) groups is 2. The second-order valence-electron chi connectivity index (χ2n) is 5.88. The Balaban J connectivity index is 1.57. The highest BCUT2D eigenvalue weighted by Gasteiger charge is 2.34. The summed E-state index contributed by atoms with van der Waals surface area (Å²) in [6.07, 6.45) is 4.40. The van der Waals surface area contributed by atoms with Gasteiger partial charge in [-0.2, -0.15) is 4.99 Å². The van der Waals surface area contributed by atoms with Crippen LogP contribution < -0.4 is 4.74 Å². The number of fused-ring (bicyclic) bond motifs is 1. The minimum Gasteiger partial charge on any atom is -0.457 e. The molecule has 0 unspecified atom stereocenters. The lowest BCUT2D eigenvalue weighted by Crippen LogP contribution is -2.38. The number of hydroxylamine groups is 2. The lowest BCUT2D eigenvalue weighted by atomic mass is 10.1. The third-order valence-electron chi connectivity index (χ3n) is 3.87. The third-order valence-corrected chi connectivity index (χ3v) is 4.17. The summed E-state index contributed by atoms with van der Waals surface area (Å²) >= 11 is 6.19. The van der Waals surface area contributed by atoms with Crippen molar-refractivity contribution in [2.45, 2.75) is 6.92 Å². The molecule has 0 saturated heterocycles. The van der Waals surface area contributed by atoms with E-state index in [1.807, 2.05) is 0 Å². The Bertz CT molecular complexity index is 1100. The van der Waals surface area contributed by atoms with Crippen molar-refractivity contribution < 1.29 is 23.6 Å². The maximum absolute atomic E-state index is 12.3. The molecule has 0 fully saturated rings. The van der Waals surface area contributed by atoms with Gasteiger partial charge in [0.05, 0.1) is 16.9 Å². The summed E-state index contributed by atoms with van der Waals surface area (Å²) < 4.78 is 10.2. The van der Waals surface area contributed by atoms with Crippen LogP contribution in [0.2, 0.25) is 5.02 Å². The van der Waals surface area contributed by atoms with Gasteiger partial charge < -0.3 is 14.0 Å². The van der Waals surface area contributed by atoms with E-state index in [1.165, 1.54) is 35.6 Å². The Morgan fingerprint density at radius 1 is 1.36 bits per heavy atom. The van der Waals surface area contributed by atoms with E-state index >= 15 is 0 Å². The number of allylic oxidation sites excluding steroid dienone is 1. The number of furan rings is 1. The zero-order valence-corrected chi connectivity index (χ0v) is 15.2. The summed E-state index contributed by atoms with van der Waals surface area (Å²) in [7, 11) is 0. The second-order valence-corrected chi connectivity index (χ2v) is 6.29. The molecule has 0 atom stereocenters. The molecule has 1 aromatic heterocycles. The van der Waals surface area contributed by atoms with Gasteiger partial charge in [0.2, 0.25) is 5.76 Å². The highest BCUT2D eigenvalue weighted by molar-refractivity contribution is 6.33. The van der Waals surface area contributed by atoms with Gasteiger partial charge in [-0.1, -0.05) is 17.7 Å². The Labute approximate surface area is 163 Å². The minimum absolute atomic E-state index is 0.0447. The largest absolute Gasteiger partial charge is 0.457 e. The molecule has 0 bridgehead atoms. The van der Waals surface area contributed by atoms with Crippen LogP contribution in [-0.4, -0.2) is 28.6 Å². The maximum atomic E-state index is 12.3. The molecule has 8 nitrogen and oxygen atoms in total. The molecule has 0 aliphatic carbocycles. The first-order valence-corrected chi connectivity index (χ1v) is 8.45. The van der Waals surface area contributed by atoms with Gasteiger partial charge in [-0.25, -0.2) is 4.79 Å². The summed E-state index contributed by atoms with van der Waals surface area (Å²) in [5, 5.41) is 9.52. The smallest absolute Gasteiger partial charge is 0.379 e. The molecule has 4 rings (SSSR count). The van der Waals surface area contributed by atoms with Gasteiger partial charge in [-0.05, 0) is 42.8 Å². The van der Waals surface area contributed by atoms with Crippen molar-refractivity contribution in [3.8, 4) is 5.75 Å². The first-order valence-electron chi connectivity index (χ1n) is 8.07. The first-order chi connectivity index (χ1) is 13.4. The van der Waals surface area contributed by atoms with E-state index in [1.54, 1.807) is 25.1 Å². The molecular formula is C19H12ClN3O5. The van der Waals surface area contributed by atoms with Crippen molar-refractivity contribution in [3.05, 3.63) is 70.3 Å². The number of rotatable bonds is 3. The molecule has 1 amide bonds. The van der Waals surface area contributed by atoms with Crippen molar-refractivity contribution in [1.82, 2.24) is 5.06 Å². The van der Waals surface area contributed by atoms with Gasteiger partial charge in [-0.3, -0.25) is 10.2 Å². The van der Waals surface area contributed by atoms with Crippen LogP contribution in [0.25, 0.3) is 6.08 Å². The van der Waals surface area contributed by atoms with Crippen molar-refractivity contribution in [3.63, 3.8) is 0 Å². The van der Waals surface area contributed by atoms with E-state index in [0.29, 0.717) is 11.3 Å². The number of amides is 1. The summed E-state index contributed by atoms with van der Waals surface area (Å²) in [5.41, 5.74) is 0.571. The SMILES string of the molecule is CC1=CC2=NC(=O)/C(=C\c3ccc(OC(=O)c4ccco4)c(Cl)c3)C(=N)N2O1. The molecule has 0 spiro atoms. The van der Waals surface area contributed by atoms with E-state index in [-0.39, 0.29) is 33.8 Å². The number of hydrogen-bond donors (Lipinski definition) is 1. The average Bonchev–Trinajstić information content (AvgIpc) is 3.30. The van der Waals surface area contributed by atoms with Gasteiger partial charge in [0.25, 0.3) is 5.91 Å². The third kappa shape index (κ3) is 3.21. The van der Waals surface area contributed by atoms with E-state index in [9.17, 15) is 9.59 Å². The van der Waals surface area contributed by atoms with Gasteiger partial charge in [0, 0.05) is 6.08 Å². The molecule has 140 valence electrons. The van der Waals surface area contributed by atoms with Crippen LogP contribution in [0.3, 0.4) is 0 Å². The lowest BCUT2D eigenvalue weighted by molar-refractivity contribution is -0.114. The van der Waals surface area contributed by atoms with Crippen LogP contribution >= 0.6 is 11.6 Å². The van der Waals surface area contributed by atoms with Crippen LogP contribution in [0.1, 0.15) is 23.0 Å². The molecule has 0 saturated carbocycles. The number of aliphatic imine (C=N–C) groups is 1. The molecule has 1 N–H and O–H groups in total. The molecule has 3 heterocycles. The van der Waals surface area contributed by atoms with Crippen LogP contribution in [0, 0.1) is 5.41 Å². The topological polar surface area (TPSA) is 105 Å². The quantitative estimate of drug-likeness (QED) is 0.482. The number of nitrogens with zero attached hydrogens (tertiary/aromatic N) is 2. The Morgan fingerprint density at radius 2 is 2.18 bits per heavy atom. The maximum Gasteiger partial charge on any atom is 0.379 e. The standard InChI is InChI=1S/C19H12ClN3O5/c1-10-7-16-22-18(24)12(17(21)23(16)28-10)8-11-4-5-14(13(20)9-11)27-19(25)15-3-2-6-26-15/h2-9,21H,1H3/b12-8-,21-17?. The summed E-state index contributed by atoms with van der Waals surface area (Å²) in [5.74, 6) is -0.392. The lowest BCUT2D eigenvalue weighted by Gasteiger charge is -2.23. The molecule has 9 heteroatoms. The van der Waals surface area contributed by atoms with Crippen LogP contribution in [0.4, 0.5) is 0 Å². The molecule has 1 aromatic carbocycles. The number of ether oxygens (including phenoxy) is 1. The summed E-state index contributed by atoms with van der Waals surface area (Å²) in [6.45, 7) is 1.70. The molecule has 2 aliphatic rings. The van der Waals surface area contributed by atoms with Crippen LogP contribution in [0.5, 0.6) is 5.75 Å². The van der Waals surface area contributed by atoms with Crippen LogP contribution in [-0.2, 0) is 9.63 Å². The highest BCUT2D eigenvalue weighted by Crippen LogP contribution is 2.29. The highest BCUT2D eigenvalue weighted by atomic mass is 35.5. The van der Waals surface area contributed by atoms with E-state index in [0.717, 1.165) is 0 Å². The predicted octanol–water partition coefficient (Wildman–Crippen LogP) is 3.60. The molecular weight excluding hydrogens is 386 g/mol. The van der Waals surface area contributed by atoms with Crippen molar-refractivity contribution in [2.24, 2.45) is 4.99 Å². The second kappa shape index (κ2) is 6.82. The fourth-order valence-electron chi connectivity index (χ4n) is 2.60. The zero-order chi connectivity index (χ0) is 19.8. The monoisotopic (exact) mass is 397 g/mol. The molecule has 2 aromatic rings. The van der Waals surface area contributed by atoms with E-state index in [4.69, 9.17) is 31.0 Å². The number of carbonyl (C=O) groups excluding carboxylic acids is 2. The zero-order valence-electron chi connectivity index (χ0n) is 14.4. The number of halogens is 1. The van der Waals surface area contributed by atoms with E-state index in [2.05, 4.69) is 4.99 Å². The number of amidine groups is 2. The Hall–Kier alpha value is -3.65. The normalized spacial score (nSPS) is 17.2. The molecule has 0 radical (unpaired) electrons. The predicted molar refractivity (Wildman–Crippen MR) is 99.9 cm³/mol. The molecule has 28 heavy (non-hydrogen) atoms. The van der Waals surface area contributed by atoms with Crippen molar-refractivity contribution in [2.75, 3.05) is 0 Å². The first kappa shape index (κ1) is 17.7. The van der Waals surface area contributed by atoms with Gasteiger partial charge in [-0.15, -0.1) is 5.06 Å². The van der Waals surface area contributed by atoms with Crippen molar-refractivity contribution >= 4 is 41.2 Å².